The van der Waals surface area contributed by atoms with Gasteiger partial charge in [-0.2, -0.15) is 0 Å². The molecule has 106 valence electrons. The Morgan fingerprint density at radius 1 is 1.50 bits per heavy atom. The van der Waals surface area contributed by atoms with Gasteiger partial charge in [0.25, 0.3) is 5.56 Å². The summed E-state index contributed by atoms with van der Waals surface area (Å²) in [6, 6.07) is 5.48. The number of rotatable bonds is 2. The van der Waals surface area contributed by atoms with Crippen molar-refractivity contribution in [3.63, 3.8) is 0 Å². The van der Waals surface area contributed by atoms with Crippen LogP contribution in [0, 0.1) is 6.92 Å². The van der Waals surface area contributed by atoms with E-state index in [1.165, 1.54) is 0 Å². The first kappa shape index (κ1) is 13.3. The van der Waals surface area contributed by atoms with Crippen LogP contribution in [0.15, 0.2) is 29.2 Å². The van der Waals surface area contributed by atoms with Crippen molar-refractivity contribution in [2.45, 2.75) is 26.5 Å². The van der Waals surface area contributed by atoms with Gasteiger partial charge in [0.1, 0.15) is 5.65 Å². The van der Waals surface area contributed by atoms with Gasteiger partial charge in [0.2, 0.25) is 0 Å². The summed E-state index contributed by atoms with van der Waals surface area (Å²) in [4.78, 5) is 19.1. The third-order valence-electron chi connectivity index (χ3n) is 3.65. The van der Waals surface area contributed by atoms with E-state index in [0.29, 0.717) is 6.54 Å². The molecule has 2 aromatic heterocycles. The lowest BCUT2D eigenvalue weighted by atomic mass is 10.2. The Hall–Kier alpha value is -1.72. The molecule has 0 spiro atoms. The maximum absolute atomic E-state index is 12.1. The Balaban J connectivity index is 1.92. The van der Waals surface area contributed by atoms with Gasteiger partial charge in [0.15, 0.2) is 0 Å². The van der Waals surface area contributed by atoms with E-state index >= 15 is 0 Å². The molecule has 2 aromatic rings. The van der Waals surface area contributed by atoms with Gasteiger partial charge in [0.05, 0.1) is 18.4 Å². The molecule has 1 atom stereocenters. The van der Waals surface area contributed by atoms with Crippen molar-refractivity contribution in [2.24, 2.45) is 0 Å². The zero-order valence-electron chi connectivity index (χ0n) is 11.9. The zero-order valence-corrected chi connectivity index (χ0v) is 11.9. The topological polar surface area (TPSA) is 46.8 Å². The van der Waals surface area contributed by atoms with E-state index in [-0.39, 0.29) is 11.7 Å². The van der Waals surface area contributed by atoms with Gasteiger partial charge in [-0.1, -0.05) is 6.07 Å². The van der Waals surface area contributed by atoms with Crippen molar-refractivity contribution in [2.75, 3.05) is 19.7 Å². The minimum Gasteiger partial charge on any atom is -0.376 e. The number of nitrogens with zero attached hydrogens (tertiary/aromatic N) is 3. The second kappa shape index (κ2) is 5.34. The lowest BCUT2D eigenvalue weighted by Gasteiger charge is -2.30. The lowest BCUT2D eigenvalue weighted by molar-refractivity contribution is -0.0215. The maximum atomic E-state index is 12.1. The third kappa shape index (κ3) is 2.59. The largest absolute Gasteiger partial charge is 0.376 e. The van der Waals surface area contributed by atoms with E-state index in [1.54, 1.807) is 16.7 Å². The van der Waals surface area contributed by atoms with Crippen molar-refractivity contribution in [1.82, 2.24) is 14.3 Å². The van der Waals surface area contributed by atoms with E-state index in [9.17, 15) is 4.79 Å². The van der Waals surface area contributed by atoms with Crippen LogP contribution in [-0.4, -0.2) is 40.1 Å². The van der Waals surface area contributed by atoms with Crippen molar-refractivity contribution in [1.29, 1.82) is 0 Å². The average molecular weight is 273 g/mol. The number of pyridine rings is 1. The molecule has 1 unspecified atom stereocenters. The van der Waals surface area contributed by atoms with E-state index in [1.807, 2.05) is 19.1 Å². The minimum absolute atomic E-state index is 0.0185. The highest BCUT2D eigenvalue weighted by atomic mass is 16.5. The van der Waals surface area contributed by atoms with Crippen molar-refractivity contribution < 1.29 is 4.74 Å². The molecule has 1 aliphatic heterocycles. The summed E-state index contributed by atoms with van der Waals surface area (Å²) in [5.41, 5.74) is 2.58. The SMILES string of the molecule is Cc1cccn2c(=O)cc(CN3CCOC(C)C3)nc12. The van der Waals surface area contributed by atoms with Crippen LogP contribution >= 0.6 is 0 Å². The molecule has 20 heavy (non-hydrogen) atoms. The van der Waals surface area contributed by atoms with Gasteiger partial charge < -0.3 is 4.74 Å². The van der Waals surface area contributed by atoms with E-state index in [2.05, 4.69) is 16.8 Å². The van der Waals surface area contributed by atoms with Crippen molar-refractivity contribution >= 4 is 5.65 Å². The van der Waals surface area contributed by atoms with E-state index in [4.69, 9.17) is 4.74 Å². The first-order valence-corrected chi connectivity index (χ1v) is 6.95. The fourth-order valence-corrected chi connectivity index (χ4v) is 2.65. The van der Waals surface area contributed by atoms with Crippen LogP contribution in [-0.2, 0) is 11.3 Å². The summed E-state index contributed by atoms with van der Waals surface area (Å²) in [5.74, 6) is 0. The molecule has 1 aliphatic rings. The third-order valence-corrected chi connectivity index (χ3v) is 3.65. The number of morpholine rings is 1. The zero-order chi connectivity index (χ0) is 14.1. The van der Waals surface area contributed by atoms with Crippen molar-refractivity contribution in [3.8, 4) is 0 Å². The summed E-state index contributed by atoms with van der Waals surface area (Å²) >= 11 is 0. The van der Waals surface area contributed by atoms with Gasteiger partial charge in [-0.05, 0) is 25.5 Å². The van der Waals surface area contributed by atoms with Crippen molar-refractivity contribution in [3.05, 3.63) is 46.0 Å². The summed E-state index contributed by atoms with van der Waals surface area (Å²) in [6.45, 7) is 7.26. The number of aryl methyl sites for hydroxylation is 1. The van der Waals surface area contributed by atoms with Gasteiger partial charge in [-0.15, -0.1) is 0 Å². The number of aromatic nitrogens is 2. The predicted octanol–water partition coefficient (Wildman–Crippen LogP) is 1.22. The van der Waals surface area contributed by atoms with Gasteiger partial charge in [-0.3, -0.25) is 14.1 Å². The van der Waals surface area contributed by atoms with Crippen LogP contribution in [0.25, 0.3) is 5.65 Å². The number of hydrogen-bond donors (Lipinski definition) is 0. The smallest absolute Gasteiger partial charge is 0.258 e. The normalized spacial score (nSPS) is 20.4. The molecule has 5 heteroatoms. The van der Waals surface area contributed by atoms with Gasteiger partial charge in [0, 0.05) is 31.9 Å². The molecule has 5 nitrogen and oxygen atoms in total. The summed E-state index contributed by atoms with van der Waals surface area (Å²) in [5, 5.41) is 0. The Morgan fingerprint density at radius 3 is 3.15 bits per heavy atom. The van der Waals surface area contributed by atoms with E-state index < -0.39 is 0 Å². The fourth-order valence-electron chi connectivity index (χ4n) is 2.65. The van der Waals surface area contributed by atoms with Crippen LogP contribution in [0.1, 0.15) is 18.2 Å². The Labute approximate surface area is 117 Å². The highest BCUT2D eigenvalue weighted by molar-refractivity contribution is 5.46. The second-order valence-corrected chi connectivity index (χ2v) is 5.39. The molecule has 0 N–H and O–H groups in total. The molecule has 0 bridgehead atoms. The molecular formula is C15H19N3O2. The summed E-state index contributed by atoms with van der Waals surface area (Å²) in [6.07, 6.45) is 2.00. The molecular weight excluding hydrogens is 254 g/mol. The Kier molecular flexibility index (Phi) is 3.54. The summed E-state index contributed by atoms with van der Waals surface area (Å²) in [7, 11) is 0. The number of hydrogen-bond acceptors (Lipinski definition) is 4. The molecule has 0 aliphatic carbocycles. The van der Waals surface area contributed by atoms with Crippen LogP contribution < -0.4 is 5.56 Å². The molecule has 0 saturated carbocycles. The first-order valence-electron chi connectivity index (χ1n) is 6.95. The number of ether oxygens (including phenoxy) is 1. The minimum atomic E-state index is -0.0185. The highest BCUT2D eigenvalue weighted by Crippen LogP contribution is 2.10. The lowest BCUT2D eigenvalue weighted by Crippen LogP contribution is -2.40. The van der Waals surface area contributed by atoms with Crippen LogP contribution in [0.2, 0.25) is 0 Å². The van der Waals surface area contributed by atoms with Gasteiger partial charge >= 0.3 is 0 Å². The quantitative estimate of drug-likeness (QED) is 0.825. The number of fused-ring (bicyclic) bond motifs is 1. The molecule has 1 saturated heterocycles. The molecule has 1 fully saturated rings. The second-order valence-electron chi connectivity index (χ2n) is 5.39. The monoisotopic (exact) mass is 273 g/mol. The average Bonchev–Trinajstić information content (AvgIpc) is 2.40. The maximum Gasteiger partial charge on any atom is 0.258 e. The van der Waals surface area contributed by atoms with Crippen LogP contribution in [0.3, 0.4) is 0 Å². The Morgan fingerprint density at radius 2 is 2.35 bits per heavy atom. The van der Waals surface area contributed by atoms with Crippen LogP contribution in [0.5, 0.6) is 0 Å². The Bertz CT molecular complexity index is 680. The van der Waals surface area contributed by atoms with Gasteiger partial charge in [-0.25, -0.2) is 4.98 Å². The summed E-state index contributed by atoms with van der Waals surface area (Å²) < 4.78 is 7.13. The standard InChI is InChI=1S/C15H19N3O2/c1-11-4-3-5-18-14(19)8-13(16-15(11)18)10-17-6-7-20-12(2)9-17/h3-5,8,12H,6-7,9-10H2,1-2H3. The predicted molar refractivity (Wildman–Crippen MR) is 76.9 cm³/mol. The fraction of sp³-hybridized carbons (Fsp3) is 0.467. The molecule has 3 rings (SSSR count). The first-order chi connectivity index (χ1) is 9.63. The van der Waals surface area contributed by atoms with E-state index in [0.717, 1.165) is 36.6 Å². The van der Waals surface area contributed by atoms with Crippen LogP contribution in [0.4, 0.5) is 0 Å². The molecule has 0 aromatic carbocycles. The molecule has 0 amide bonds. The molecule has 3 heterocycles. The highest BCUT2D eigenvalue weighted by Gasteiger charge is 2.17. The molecule has 0 radical (unpaired) electrons.